The molecule has 198 valence electrons. The fourth-order valence-electron chi connectivity index (χ4n) is 4.00. The molecule has 10 nitrogen and oxygen atoms in total. The summed E-state index contributed by atoms with van der Waals surface area (Å²) >= 11 is 1.56. The molecular weight excluding hydrogens is 516 g/mol. The van der Waals surface area contributed by atoms with Crippen LogP contribution in [0.4, 0.5) is 22.1 Å². The molecule has 0 aliphatic rings. The number of aryl methyl sites for hydroxylation is 2. The van der Waals surface area contributed by atoms with Crippen molar-refractivity contribution in [2.24, 2.45) is 0 Å². The first-order valence-electron chi connectivity index (χ1n) is 12.0. The van der Waals surface area contributed by atoms with Gasteiger partial charge in [-0.15, -0.1) is 11.3 Å². The Morgan fingerprint density at radius 1 is 0.974 bits per heavy atom. The second kappa shape index (κ2) is 11.3. The molecule has 3 aromatic heterocycles. The number of carbonyl (C=O) groups is 2. The number of rotatable bonds is 8. The average molecular weight is 543 g/mol. The number of benzene rings is 2. The number of methoxy groups -OCH3 is 1. The van der Waals surface area contributed by atoms with Gasteiger partial charge < -0.3 is 20.1 Å². The summed E-state index contributed by atoms with van der Waals surface area (Å²) in [4.78, 5) is 29.0. The molecule has 0 bridgehead atoms. The molecule has 0 saturated carbocycles. The van der Waals surface area contributed by atoms with Gasteiger partial charge >= 0.3 is 6.03 Å². The zero-order chi connectivity index (χ0) is 27.4. The lowest BCUT2D eigenvalue weighted by Crippen LogP contribution is -2.21. The van der Waals surface area contributed by atoms with E-state index >= 15 is 0 Å². The Balaban J connectivity index is 1.35. The highest BCUT2D eigenvalue weighted by Crippen LogP contribution is 2.35. The smallest absolute Gasteiger partial charge is 0.324 e. The van der Waals surface area contributed by atoms with E-state index in [-0.39, 0.29) is 12.5 Å². The van der Waals surface area contributed by atoms with Crippen LogP contribution in [0.25, 0.3) is 15.8 Å². The normalized spacial score (nSPS) is 10.8. The number of aromatic nitrogens is 3. The lowest BCUT2D eigenvalue weighted by molar-refractivity contribution is -0.119. The Labute approximate surface area is 228 Å². The zero-order valence-corrected chi connectivity index (χ0v) is 22.3. The Bertz CT molecular complexity index is 1660. The van der Waals surface area contributed by atoms with Crippen LogP contribution in [-0.4, -0.2) is 40.4 Å². The van der Waals surface area contributed by atoms with E-state index in [0.717, 1.165) is 27.0 Å². The van der Waals surface area contributed by atoms with Gasteiger partial charge in [0.15, 0.2) is 0 Å². The number of anilines is 3. The van der Waals surface area contributed by atoms with E-state index in [9.17, 15) is 9.59 Å². The lowest BCUT2D eigenvalue weighted by Gasteiger charge is -2.14. The molecule has 0 fully saturated rings. The van der Waals surface area contributed by atoms with Crippen LogP contribution < -0.4 is 20.7 Å². The number of pyridine rings is 1. The first-order valence-corrected chi connectivity index (χ1v) is 12.9. The van der Waals surface area contributed by atoms with Gasteiger partial charge in [-0.05, 0) is 49.1 Å². The van der Waals surface area contributed by atoms with Gasteiger partial charge in [0.2, 0.25) is 0 Å². The van der Waals surface area contributed by atoms with E-state index in [1.807, 2.05) is 55.6 Å². The van der Waals surface area contributed by atoms with Gasteiger partial charge in [0.05, 0.1) is 11.4 Å². The highest BCUT2D eigenvalue weighted by molar-refractivity contribution is 7.12. The van der Waals surface area contributed by atoms with E-state index in [4.69, 9.17) is 9.47 Å². The molecule has 0 radical (unpaired) electrons. The predicted octanol–water partition coefficient (Wildman–Crippen LogP) is 6.12. The summed E-state index contributed by atoms with van der Waals surface area (Å²) in [6, 6.07) is 17.9. The minimum atomic E-state index is -0.395. The molecule has 5 rings (SSSR count). The molecule has 0 unspecified atom stereocenters. The summed E-state index contributed by atoms with van der Waals surface area (Å²) in [6.07, 6.45) is 1.55. The zero-order valence-electron chi connectivity index (χ0n) is 21.5. The van der Waals surface area contributed by atoms with Crippen molar-refractivity contribution >= 4 is 51.4 Å². The third kappa shape index (κ3) is 6.06. The SMILES string of the molecule is COCC(=O)Nc1cc(Oc2ccc(NC(=O)Nc3cc(C)nn3-c3cc(C)cs3)c3ccccc23)ccn1. The van der Waals surface area contributed by atoms with Gasteiger partial charge in [-0.2, -0.15) is 5.10 Å². The second-order valence-electron chi connectivity index (χ2n) is 8.74. The number of hydrogen-bond acceptors (Lipinski definition) is 7. The molecule has 3 N–H and O–H groups in total. The minimum Gasteiger partial charge on any atom is -0.457 e. The molecule has 0 saturated heterocycles. The molecule has 11 heteroatoms. The first-order chi connectivity index (χ1) is 18.9. The first kappa shape index (κ1) is 25.9. The molecule has 0 spiro atoms. The van der Waals surface area contributed by atoms with Gasteiger partial charge in [0.1, 0.15) is 34.7 Å². The van der Waals surface area contributed by atoms with Crippen molar-refractivity contribution in [2.45, 2.75) is 13.8 Å². The average Bonchev–Trinajstić information content (AvgIpc) is 3.50. The fourth-order valence-corrected chi connectivity index (χ4v) is 4.87. The number of amides is 3. The van der Waals surface area contributed by atoms with Crippen LogP contribution in [-0.2, 0) is 9.53 Å². The van der Waals surface area contributed by atoms with Gasteiger partial charge in [-0.3, -0.25) is 10.1 Å². The number of nitrogens with one attached hydrogen (secondary N) is 3. The number of hydrogen-bond donors (Lipinski definition) is 3. The molecule has 0 aliphatic carbocycles. The summed E-state index contributed by atoms with van der Waals surface area (Å²) in [5.41, 5.74) is 2.54. The molecule has 0 aliphatic heterocycles. The van der Waals surface area contributed by atoms with Crippen LogP contribution in [0.1, 0.15) is 11.3 Å². The summed E-state index contributed by atoms with van der Waals surface area (Å²) in [6.45, 7) is 3.82. The molecule has 39 heavy (non-hydrogen) atoms. The van der Waals surface area contributed by atoms with Crippen LogP contribution in [0.2, 0.25) is 0 Å². The topological polar surface area (TPSA) is 119 Å². The fraction of sp³-hybridized carbons (Fsp3) is 0.143. The van der Waals surface area contributed by atoms with Crippen LogP contribution in [0.3, 0.4) is 0 Å². The Morgan fingerprint density at radius 2 is 1.79 bits per heavy atom. The number of urea groups is 1. The number of fused-ring (bicyclic) bond motifs is 1. The molecule has 3 heterocycles. The second-order valence-corrected chi connectivity index (χ2v) is 9.63. The number of carbonyl (C=O) groups excluding carboxylic acids is 2. The quantitative estimate of drug-likeness (QED) is 0.217. The maximum atomic E-state index is 13.0. The highest BCUT2D eigenvalue weighted by Gasteiger charge is 2.15. The number of ether oxygens (including phenoxy) is 2. The van der Waals surface area contributed by atoms with Crippen molar-refractivity contribution in [3.8, 4) is 16.5 Å². The number of nitrogens with zero attached hydrogens (tertiary/aromatic N) is 3. The Morgan fingerprint density at radius 3 is 2.56 bits per heavy atom. The van der Waals surface area contributed by atoms with Crippen molar-refractivity contribution in [3.63, 3.8) is 0 Å². The predicted molar refractivity (Wildman–Crippen MR) is 152 cm³/mol. The van der Waals surface area contributed by atoms with Crippen molar-refractivity contribution < 1.29 is 19.1 Å². The minimum absolute atomic E-state index is 0.0743. The monoisotopic (exact) mass is 542 g/mol. The Hall–Kier alpha value is -4.74. The van der Waals surface area contributed by atoms with E-state index in [1.165, 1.54) is 7.11 Å². The molecule has 3 amide bonds. The highest BCUT2D eigenvalue weighted by atomic mass is 32.1. The Kier molecular flexibility index (Phi) is 7.53. The third-order valence-corrected chi connectivity index (χ3v) is 6.65. The molecule has 5 aromatic rings. The largest absolute Gasteiger partial charge is 0.457 e. The van der Waals surface area contributed by atoms with Crippen molar-refractivity contribution in [3.05, 3.63) is 83.5 Å². The van der Waals surface area contributed by atoms with E-state index in [2.05, 4.69) is 26.0 Å². The maximum absolute atomic E-state index is 13.0. The lowest BCUT2D eigenvalue weighted by atomic mass is 10.1. The van der Waals surface area contributed by atoms with Gasteiger partial charge in [0.25, 0.3) is 5.91 Å². The van der Waals surface area contributed by atoms with Gasteiger partial charge in [-0.25, -0.2) is 14.5 Å². The molecule has 2 aromatic carbocycles. The summed E-state index contributed by atoms with van der Waals surface area (Å²) in [5.74, 6) is 1.68. The van der Waals surface area contributed by atoms with Crippen molar-refractivity contribution in [1.29, 1.82) is 0 Å². The van der Waals surface area contributed by atoms with E-state index < -0.39 is 6.03 Å². The van der Waals surface area contributed by atoms with Gasteiger partial charge in [-0.1, -0.05) is 24.3 Å². The summed E-state index contributed by atoms with van der Waals surface area (Å²) in [5, 5.41) is 17.6. The number of thiophene rings is 1. The maximum Gasteiger partial charge on any atom is 0.324 e. The van der Waals surface area contributed by atoms with Crippen LogP contribution in [0.15, 0.2) is 72.2 Å². The van der Waals surface area contributed by atoms with Crippen LogP contribution in [0, 0.1) is 13.8 Å². The molecular formula is C28H26N6O4S. The third-order valence-electron chi connectivity index (χ3n) is 5.63. The standard InChI is InChI=1S/C28H26N6O4S/c1-17-12-27(39-16-17)34-25(13-18(2)33-34)32-28(36)30-22-8-9-23(21-7-5-4-6-20(21)22)38-19-10-11-29-24(14-19)31-26(35)15-37-3/h4-14,16H,15H2,1-3H3,(H,29,31,35)(H2,30,32,36). The van der Waals surface area contributed by atoms with Crippen LogP contribution >= 0.6 is 11.3 Å². The van der Waals surface area contributed by atoms with Crippen molar-refractivity contribution in [2.75, 3.05) is 29.7 Å². The summed E-state index contributed by atoms with van der Waals surface area (Å²) in [7, 11) is 1.45. The molecule has 0 atom stereocenters. The van der Waals surface area contributed by atoms with E-state index in [1.54, 1.807) is 46.5 Å². The van der Waals surface area contributed by atoms with E-state index in [0.29, 0.717) is 28.8 Å². The summed E-state index contributed by atoms with van der Waals surface area (Å²) < 4.78 is 12.7. The van der Waals surface area contributed by atoms with Gasteiger partial charge in [0, 0.05) is 36.2 Å². The van der Waals surface area contributed by atoms with Crippen molar-refractivity contribution in [1.82, 2.24) is 14.8 Å². The van der Waals surface area contributed by atoms with Crippen LogP contribution in [0.5, 0.6) is 11.5 Å².